The van der Waals surface area contributed by atoms with Crippen molar-refractivity contribution in [2.24, 2.45) is 0 Å². The number of rotatable bonds is 9. The van der Waals surface area contributed by atoms with Crippen LogP contribution in [-0.4, -0.2) is 45.9 Å². The summed E-state index contributed by atoms with van der Waals surface area (Å²) in [4.78, 5) is 79.0. The molecule has 2 amide bonds. The highest BCUT2D eigenvalue weighted by Crippen LogP contribution is 2.47. The second-order valence-corrected chi connectivity index (χ2v) is 11.8. The Morgan fingerprint density at radius 1 is 0.558 bits per heavy atom. The van der Waals surface area contributed by atoms with Gasteiger partial charge in [-0.2, -0.15) is 0 Å². The standard InChI is InChI=1S/C40H26N2O10/c43-35(41-30-17-9-8-16-26(30)37(45)46)29(20-21-10-2-1-3-11-21)36(44)42-32-28(38(47)48)19-18-27(33-22-12-4-6-14-24(22)39(49)51-33)31(32)34-23-13-5-7-15-25(23)40(50)52-34/h1-20,33-34H,(H,41,43)(H,42,44)(H,45,46)(H,47,48). The Balaban J connectivity index is 1.40. The van der Waals surface area contributed by atoms with Gasteiger partial charge in [0.05, 0.1) is 33.6 Å². The molecule has 5 aromatic carbocycles. The number of carboxylic acids is 2. The first-order valence-electron chi connectivity index (χ1n) is 15.8. The third-order valence-corrected chi connectivity index (χ3v) is 8.67. The smallest absolute Gasteiger partial charge is 0.339 e. The fraction of sp³-hybridized carbons (Fsp3) is 0.0500. The lowest BCUT2D eigenvalue weighted by atomic mass is 9.87. The van der Waals surface area contributed by atoms with Crippen molar-refractivity contribution in [1.29, 1.82) is 0 Å². The number of cyclic esters (lactones) is 2. The predicted octanol–water partition coefficient (Wildman–Crippen LogP) is 6.26. The first kappa shape index (κ1) is 33.2. The molecule has 0 aliphatic carbocycles. The molecule has 0 saturated carbocycles. The van der Waals surface area contributed by atoms with E-state index in [-0.39, 0.29) is 39.2 Å². The Bertz CT molecular complexity index is 2370. The van der Waals surface area contributed by atoms with Crippen molar-refractivity contribution in [3.8, 4) is 0 Å². The molecule has 12 nitrogen and oxygen atoms in total. The molecular weight excluding hydrogens is 668 g/mol. The first-order chi connectivity index (χ1) is 25.1. The number of carboxylic acid groups (broad SMARTS) is 2. The van der Waals surface area contributed by atoms with Crippen molar-refractivity contribution in [1.82, 2.24) is 0 Å². The molecule has 0 fully saturated rings. The minimum Gasteiger partial charge on any atom is -0.478 e. The minimum atomic E-state index is -1.46. The van der Waals surface area contributed by atoms with Crippen molar-refractivity contribution >= 4 is 53.1 Å². The van der Waals surface area contributed by atoms with Gasteiger partial charge < -0.3 is 30.3 Å². The van der Waals surface area contributed by atoms with Crippen molar-refractivity contribution < 1.29 is 48.5 Å². The highest BCUT2D eigenvalue weighted by Gasteiger charge is 2.41. The summed E-state index contributed by atoms with van der Waals surface area (Å²) < 4.78 is 11.6. The number of fused-ring (bicyclic) bond motifs is 2. The van der Waals surface area contributed by atoms with E-state index in [0.717, 1.165) is 0 Å². The van der Waals surface area contributed by atoms with Crippen LogP contribution in [0.4, 0.5) is 11.4 Å². The number of ether oxygens (including phenoxy) is 2. The molecule has 2 heterocycles. The zero-order valence-electron chi connectivity index (χ0n) is 26.9. The maximum Gasteiger partial charge on any atom is 0.339 e. The van der Waals surface area contributed by atoms with Crippen LogP contribution in [0.15, 0.2) is 121 Å². The third kappa shape index (κ3) is 6.05. The van der Waals surface area contributed by atoms with Crippen LogP contribution in [0, 0.1) is 0 Å². The number of amides is 2. The number of esters is 2. The van der Waals surface area contributed by atoms with E-state index in [0.29, 0.717) is 16.7 Å². The largest absolute Gasteiger partial charge is 0.478 e. The van der Waals surface area contributed by atoms with Gasteiger partial charge in [-0.05, 0) is 42.0 Å². The van der Waals surface area contributed by atoms with Gasteiger partial charge >= 0.3 is 23.9 Å². The average Bonchev–Trinajstić information content (AvgIpc) is 3.66. The van der Waals surface area contributed by atoms with Crippen LogP contribution < -0.4 is 10.6 Å². The number of anilines is 2. The molecule has 52 heavy (non-hydrogen) atoms. The molecular formula is C40H26N2O10. The number of aromatic carboxylic acids is 2. The van der Waals surface area contributed by atoms with Crippen LogP contribution in [-0.2, 0) is 19.1 Å². The van der Waals surface area contributed by atoms with Gasteiger partial charge in [-0.3, -0.25) is 9.59 Å². The summed E-state index contributed by atoms with van der Waals surface area (Å²) in [5.74, 6) is -6.18. The van der Waals surface area contributed by atoms with E-state index < -0.39 is 59.0 Å². The third-order valence-electron chi connectivity index (χ3n) is 8.67. The molecule has 4 N–H and O–H groups in total. The van der Waals surface area contributed by atoms with Gasteiger partial charge in [0.1, 0.15) is 5.57 Å². The fourth-order valence-electron chi connectivity index (χ4n) is 6.30. The normalized spacial score (nSPS) is 15.9. The molecule has 0 spiro atoms. The van der Waals surface area contributed by atoms with E-state index >= 15 is 0 Å². The zero-order valence-corrected chi connectivity index (χ0v) is 26.9. The van der Waals surface area contributed by atoms with Gasteiger partial charge in [-0.15, -0.1) is 0 Å². The van der Waals surface area contributed by atoms with Gasteiger partial charge in [0, 0.05) is 22.3 Å². The second-order valence-electron chi connectivity index (χ2n) is 11.8. The maximum atomic E-state index is 14.4. The summed E-state index contributed by atoms with van der Waals surface area (Å²) >= 11 is 0. The van der Waals surface area contributed by atoms with E-state index in [1.165, 1.54) is 42.5 Å². The Hall–Kier alpha value is -7.34. The average molecular weight is 695 g/mol. The van der Waals surface area contributed by atoms with Crippen LogP contribution in [0.3, 0.4) is 0 Å². The number of hydrogen-bond donors (Lipinski definition) is 4. The Morgan fingerprint density at radius 3 is 1.75 bits per heavy atom. The van der Waals surface area contributed by atoms with E-state index in [1.807, 2.05) is 0 Å². The summed E-state index contributed by atoms with van der Waals surface area (Å²) in [6.07, 6.45) is -1.09. The number of para-hydroxylation sites is 1. The quantitative estimate of drug-likeness (QED) is 0.0594. The molecule has 5 aromatic rings. The van der Waals surface area contributed by atoms with E-state index in [4.69, 9.17) is 9.47 Å². The summed E-state index contributed by atoms with van der Waals surface area (Å²) in [6.45, 7) is 0. The van der Waals surface area contributed by atoms with Crippen LogP contribution in [0.2, 0.25) is 0 Å². The Kier molecular flexibility index (Phi) is 8.62. The molecule has 0 radical (unpaired) electrons. The maximum absolute atomic E-state index is 14.4. The number of nitrogens with one attached hydrogen (secondary N) is 2. The van der Waals surface area contributed by atoms with Crippen LogP contribution >= 0.6 is 0 Å². The molecule has 256 valence electrons. The molecule has 2 aliphatic rings. The molecule has 0 aromatic heterocycles. The van der Waals surface area contributed by atoms with Crippen molar-refractivity contribution in [2.75, 3.05) is 10.6 Å². The minimum absolute atomic E-state index is 0.0109. The van der Waals surface area contributed by atoms with Gasteiger partial charge in [0.2, 0.25) is 0 Å². The van der Waals surface area contributed by atoms with Gasteiger partial charge in [-0.25, -0.2) is 19.2 Å². The molecule has 0 saturated heterocycles. The lowest BCUT2D eigenvalue weighted by Gasteiger charge is -2.25. The Morgan fingerprint density at radius 2 is 1.10 bits per heavy atom. The summed E-state index contributed by atoms with van der Waals surface area (Å²) in [5.41, 5.74) is 0.420. The number of carbonyl (C=O) groups excluding carboxylic acids is 4. The lowest BCUT2D eigenvalue weighted by Crippen LogP contribution is -2.28. The molecule has 0 bridgehead atoms. The monoisotopic (exact) mass is 694 g/mol. The number of benzene rings is 5. The molecule has 2 unspecified atom stereocenters. The second kappa shape index (κ2) is 13.5. The topological polar surface area (TPSA) is 185 Å². The summed E-state index contributed by atoms with van der Waals surface area (Å²) in [7, 11) is 0. The van der Waals surface area contributed by atoms with Crippen molar-refractivity contribution in [2.45, 2.75) is 12.2 Å². The number of carbonyl (C=O) groups is 6. The molecule has 2 aliphatic heterocycles. The Labute approximate surface area is 294 Å². The molecule has 12 heteroatoms. The highest BCUT2D eigenvalue weighted by atomic mass is 16.6. The SMILES string of the molecule is O=C(Nc1ccccc1C(=O)O)C(=Cc1ccccc1)C(=O)Nc1c(C(=O)O)ccc(C2OC(=O)c3ccccc32)c1C1OC(=O)c2ccccc21. The number of hydrogen-bond acceptors (Lipinski definition) is 8. The predicted molar refractivity (Wildman–Crippen MR) is 186 cm³/mol. The lowest BCUT2D eigenvalue weighted by molar-refractivity contribution is -0.118. The first-order valence-corrected chi connectivity index (χ1v) is 15.8. The van der Waals surface area contributed by atoms with Crippen molar-refractivity contribution in [3.63, 3.8) is 0 Å². The van der Waals surface area contributed by atoms with Crippen LogP contribution in [0.25, 0.3) is 6.08 Å². The van der Waals surface area contributed by atoms with Crippen LogP contribution in [0.5, 0.6) is 0 Å². The van der Waals surface area contributed by atoms with E-state index in [2.05, 4.69) is 10.6 Å². The van der Waals surface area contributed by atoms with Gasteiger partial charge in [0.25, 0.3) is 11.8 Å². The highest BCUT2D eigenvalue weighted by molar-refractivity contribution is 6.29. The van der Waals surface area contributed by atoms with E-state index in [9.17, 15) is 39.0 Å². The van der Waals surface area contributed by atoms with Gasteiger partial charge in [0.15, 0.2) is 12.2 Å². The molecule has 7 rings (SSSR count). The van der Waals surface area contributed by atoms with Crippen LogP contribution in [0.1, 0.15) is 81.5 Å². The summed E-state index contributed by atoms with van der Waals surface area (Å²) in [6, 6.07) is 29.7. The van der Waals surface area contributed by atoms with Gasteiger partial charge in [-0.1, -0.05) is 84.9 Å². The van der Waals surface area contributed by atoms with Crippen molar-refractivity contribution in [3.05, 3.63) is 171 Å². The zero-order chi connectivity index (χ0) is 36.5. The van der Waals surface area contributed by atoms with E-state index in [1.54, 1.807) is 78.9 Å². The fourth-order valence-corrected chi connectivity index (χ4v) is 6.30. The molecule has 2 atom stereocenters. The summed E-state index contributed by atoms with van der Waals surface area (Å²) in [5, 5.41) is 25.2.